The van der Waals surface area contributed by atoms with E-state index in [-0.39, 0.29) is 23.1 Å². The highest BCUT2D eigenvalue weighted by atomic mass is 19.1. The lowest BCUT2D eigenvalue weighted by atomic mass is 10.0. The van der Waals surface area contributed by atoms with Gasteiger partial charge in [0.2, 0.25) is 5.91 Å². The molecule has 18 heavy (non-hydrogen) atoms. The quantitative estimate of drug-likeness (QED) is 0.847. The molecule has 0 radical (unpaired) electrons. The Balaban J connectivity index is 2.97. The predicted octanol–water partition coefficient (Wildman–Crippen LogP) is 2.90. The third-order valence-electron chi connectivity index (χ3n) is 2.83. The van der Waals surface area contributed by atoms with Gasteiger partial charge < -0.3 is 10.4 Å². The molecule has 2 N–H and O–H groups in total. The Labute approximate surface area is 105 Å². The second kappa shape index (κ2) is 6.14. The second-order valence-corrected chi connectivity index (χ2v) is 4.00. The summed E-state index contributed by atoms with van der Waals surface area (Å²) in [4.78, 5) is 22.8. The molecule has 1 rings (SSSR count). The van der Waals surface area contributed by atoms with Crippen molar-refractivity contribution in [2.75, 3.05) is 5.32 Å². The monoisotopic (exact) mass is 253 g/mol. The molecule has 1 aromatic carbocycles. The van der Waals surface area contributed by atoms with Gasteiger partial charge in [0.15, 0.2) is 0 Å². The van der Waals surface area contributed by atoms with E-state index in [1.807, 2.05) is 13.8 Å². The lowest BCUT2D eigenvalue weighted by molar-refractivity contribution is -0.120. The molecule has 0 saturated heterocycles. The van der Waals surface area contributed by atoms with Gasteiger partial charge in [-0.2, -0.15) is 0 Å². The van der Waals surface area contributed by atoms with Crippen LogP contribution in [-0.4, -0.2) is 17.0 Å². The highest BCUT2D eigenvalue weighted by Gasteiger charge is 2.18. The van der Waals surface area contributed by atoms with Gasteiger partial charge in [-0.05, 0) is 31.0 Å². The first-order valence-electron chi connectivity index (χ1n) is 5.83. The third kappa shape index (κ3) is 3.29. The van der Waals surface area contributed by atoms with Gasteiger partial charge in [0.25, 0.3) is 0 Å². The lowest BCUT2D eigenvalue weighted by Crippen LogP contribution is -2.23. The number of carboxylic acids is 1. The zero-order chi connectivity index (χ0) is 13.7. The topological polar surface area (TPSA) is 66.4 Å². The minimum absolute atomic E-state index is 0.126. The number of benzene rings is 1. The number of rotatable bonds is 5. The van der Waals surface area contributed by atoms with Gasteiger partial charge in [0.05, 0.1) is 11.3 Å². The van der Waals surface area contributed by atoms with Crippen LogP contribution in [0.1, 0.15) is 37.0 Å². The van der Waals surface area contributed by atoms with Gasteiger partial charge in [-0.15, -0.1) is 0 Å². The fraction of sp³-hybridized carbons (Fsp3) is 0.385. The molecule has 0 aliphatic rings. The molecule has 0 aliphatic carbocycles. The van der Waals surface area contributed by atoms with Crippen LogP contribution in [0.15, 0.2) is 18.2 Å². The van der Waals surface area contributed by atoms with Crippen LogP contribution in [0, 0.1) is 11.7 Å². The SMILES string of the molecule is CCC(CC)C(=O)Nc1ccc(F)cc1C(=O)O. The van der Waals surface area contributed by atoms with Crippen LogP contribution in [0.2, 0.25) is 0 Å². The molecular formula is C13H16FNO3. The molecule has 1 aromatic rings. The summed E-state index contributed by atoms with van der Waals surface area (Å²) in [6, 6.07) is 3.28. The van der Waals surface area contributed by atoms with E-state index < -0.39 is 11.8 Å². The number of halogens is 1. The largest absolute Gasteiger partial charge is 0.478 e. The molecule has 0 unspecified atom stereocenters. The van der Waals surface area contributed by atoms with Gasteiger partial charge in [-0.1, -0.05) is 13.8 Å². The van der Waals surface area contributed by atoms with E-state index in [9.17, 15) is 14.0 Å². The van der Waals surface area contributed by atoms with E-state index in [1.165, 1.54) is 6.07 Å². The molecular weight excluding hydrogens is 237 g/mol. The summed E-state index contributed by atoms with van der Waals surface area (Å²) in [7, 11) is 0. The predicted molar refractivity (Wildman–Crippen MR) is 66.1 cm³/mol. The molecule has 0 fully saturated rings. The van der Waals surface area contributed by atoms with Gasteiger partial charge >= 0.3 is 5.97 Å². The van der Waals surface area contributed by atoms with Gasteiger partial charge in [-0.25, -0.2) is 9.18 Å². The number of nitrogens with one attached hydrogen (secondary N) is 1. The molecule has 98 valence electrons. The Morgan fingerprint density at radius 2 is 1.94 bits per heavy atom. The normalized spacial score (nSPS) is 10.4. The van der Waals surface area contributed by atoms with Crippen molar-refractivity contribution in [2.45, 2.75) is 26.7 Å². The summed E-state index contributed by atoms with van der Waals surface area (Å²) in [5.74, 6) is -2.33. The first kappa shape index (κ1) is 14.2. The van der Waals surface area contributed by atoms with Crippen molar-refractivity contribution >= 4 is 17.6 Å². The minimum atomic E-state index is -1.27. The molecule has 0 saturated carbocycles. The van der Waals surface area contributed by atoms with E-state index in [2.05, 4.69) is 5.32 Å². The summed E-state index contributed by atoms with van der Waals surface area (Å²) in [6.07, 6.45) is 1.35. The zero-order valence-corrected chi connectivity index (χ0v) is 10.4. The van der Waals surface area contributed by atoms with E-state index in [0.29, 0.717) is 12.8 Å². The first-order chi connectivity index (χ1) is 8.49. The van der Waals surface area contributed by atoms with Crippen molar-refractivity contribution < 1.29 is 19.1 Å². The molecule has 0 atom stereocenters. The van der Waals surface area contributed by atoms with Crippen molar-refractivity contribution in [3.05, 3.63) is 29.6 Å². The maximum atomic E-state index is 13.0. The van der Waals surface area contributed by atoms with E-state index >= 15 is 0 Å². The molecule has 0 aliphatic heterocycles. The number of hydrogen-bond donors (Lipinski definition) is 2. The number of carbonyl (C=O) groups is 2. The van der Waals surface area contributed by atoms with Crippen LogP contribution in [-0.2, 0) is 4.79 Å². The number of amides is 1. The fourth-order valence-electron chi connectivity index (χ4n) is 1.70. The van der Waals surface area contributed by atoms with Crippen LogP contribution in [0.3, 0.4) is 0 Å². The molecule has 0 aromatic heterocycles. The lowest BCUT2D eigenvalue weighted by Gasteiger charge is -2.14. The summed E-state index contributed by atoms with van der Waals surface area (Å²) in [5.41, 5.74) is -0.116. The van der Waals surface area contributed by atoms with Crippen LogP contribution in [0.25, 0.3) is 0 Å². The van der Waals surface area contributed by atoms with Crippen molar-refractivity contribution in [2.24, 2.45) is 5.92 Å². The molecule has 4 nitrogen and oxygen atoms in total. The Bertz CT molecular complexity index is 456. The third-order valence-corrected chi connectivity index (χ3v) is 2.83. The maximum absolute atomic E-state index is 13.0. The van der Waals surface area contributed by atoms with Crippen molar-refractivity contribution in [3.8, 4) is 0 Å². The van der Waals surface area contributed by atoms with Crippen molar-refractivity contribution in [1.29, 1.82) is 0 Å². The van der Waals surface area contributed by atoms with Crippen LogP contribution in [0.5, 0.6) is 0 Å². The van der Waals surface area contributed by atoms with Gasteiger partial charge in [-0.3, -0.25) is 4.79 Å². The maximum Gasteiger partial charge on any atom is 0.337 e. The standard InChI is InChI=1S/C13H16FNO3/c1-3-8(4-2)12(16)15-11-6-5-9(14)7-10(11)13(17)18/h5-8H,3-4H2,1-2H3,(H,15,16)(H,17,18). The fourth-order valence-corrected chi connectivity index (χ4v) is 1.70. The van der Waals surface area contributed by atoms with E-state index in [4.69, 9.17) is 5.11 Å². The minimum Gasteiger partial charge on any atom is -0.478 e. The summed E-state index contributed by atoms with van der Waals surface area (Å²) in [5, 5.41) is 11.5. The van der Waals surface area contributed by atoms with Crippen molar-refractivity contribution in [3.63, 3.8) is 0 Å². The van der Waals surface area contributed by atoms with Crippen LogP contribution in [0.4, 0.5) is 10.1 Å². The molecule has 0 spiro atoms. The smallest absolute Gasteiger partial charge is 0.337 e. The van der Waals surface area contributed by atoms with Crippen LogP contribution >= 0.6 is 0 Å². The zero-order valence-electron chi connectivity index (χ0n) is 10.4. The highest BCUT2D eigenvalue weighted by molar-refractivity contribution is 6.01. The summed E-state index contributed by atoms with van der Waals surface area (Å²) < 4.78 is 13.0. The first-order valence-corrected chi connectivity index (χ1v) is 5.83. The molecule has 0 heterocycles. The summed E-state index contributed by atoms with van der Waals surface area (Å²) in [6.45, 7) is 3.77. The molecule has 5 heteroatoms. The number of anilines is 1. The Kier molecular flexibility index (Phi) is 4.83. The Morgan fingerprint density at radius 1 is 1.33 bits per heavy atom. The molecule has 1 amide bonds. The van der Waals surface area contributed by atoms with E-state index in [0.717, 1.165) is 12.1 Å². The number of aromatic carboxylic acids is 1. The Morgan fingerprint density at radius 3 is 2.44 bits per heavy atom. The average molecular weight is 253 g/mol. The van der Waals surface area contributed by atoms with Gasteiger partial charge in [0.1, 0.15) is 5.82 Å². The molecule has 0 bridgehead atoms. The Hall–Kier alpha value is -1.91. The van der Waals surface area contributed by atoms with Crippen molar-refractivity contribution in [1.82, 2.24) is 0 Å². The summed E-state index contributed by atoms with van der Waals surface area (Å²) >= 11 is 0. The number of hydrogen-bond acceptors (Lipinski definition) is 2. The van der Waals surface area contributed by atoms with Gasteiger partial charge in [0, 0.05) is 5.92 Å². The number of carboxylic acid groups (broad SMARTS) is 1. The van der Waals surface area contributed by atoms with Crippen LogP contribution < -0.4 is 5.32 Å². The highest BCUT2D eigenvalue weighted by Crippen LogP contribution is 2.19. The second-order valence-electron chi connectivity index (χ2n) is 4.00. The number of carbonyl (C=O) groups excluding carboxylic acids is 1. The van der Waals surface area contributed by atoms with E-state index in [1.54, 1.807) is 0 Å². The average Bonchev–Trinajstić information content (AvgIpc) is 2.32.